The number of nitrogens with one attached hydrogen (secondary N) is 1. The maximum Gasteiger partial charge on any atom is 0.264 e. The largest absolute Gasteiger partial charge is 0.497 e. The van der Waals surface area contributed by atoms with Crippen molar-refractivity contribution in [3.05, 3.63) is 87.9 Å². The molecule has 0 fully saturated rings. The molecule has 0 heterocycles. The second-order valence-electron chi connectivity index (χ2n) is 9.31. The standard InChI is InChI=1S/C29H33BrClN3O5S/c1-5-20(2)32-29(36)21(3)33(18-22-9-11-23(30)12-10-22)28(35)19-34(25-8-6-7-24(31)17-25)40(37,38)27-15-13-26(39-4)14-16-27/h6-17,20-21H,5,18-19H2,1-4H3,(H,32,36)/t20-,21-/m1/s1. The van der Waals surface area contributed by atoms with Crippen LogP contribution in [0.3, 0.4) is 0 Å². The van der Waals surface area contributed by atoms with Crippen LogP contribution in [-0.2, 0) is 26.2 Å². The molecule has 0 radical (unpaired) electrons. The Kier molecular flexibility index (Phi) is 11.0. The van der Waals surface area contributed by atoms with E-state index in [4.69, 9.17) is 16.3 Å². The van der Waals surface area contributed by atoms with Gasteiger partial charge in [-0.25, -0.2) is 8.42 Å². The number of amides is 2. The monoisotopic (exact) mass is 649 g/mol. The van der Waals surface area contributed by atoms with Gasteiger partial charge in [0.15, 0.2) is 0 Å². The molecule has 8 nitrogen and oxygen atoms in total. The normalized spacial score (nSPS) is 12.8. The van der Waals surface area contributed by atoms with E-state index in [1.165, 1.54) is 42.3 Å². The van der Waals surface area contributed by atoms with Gasteiger partial charge < -0.3 is 15.0 Å². The summed E-state index contributed by atoms with van der Waals surface area (Å²) in [6, 6.07) is 18.6. The van der Waals surface area contributed by atoms with Gasteiger partial charge in [0.25, 0.3) is 10.0 Å². The van der Waals surface area contributed by atoms with Gasteiger partial charge >= 0.3 is 0 Å². The molecule has 0 aliphatic heterocycles. The summed E-state index contributed by atoms with van der Waals surface area (Å²) >= 11 is 9.62. The summed E-state index contributed by atoms with van der Waals surface area (Å²) in [5.41, 5.74) is 1.00. The molecular weight excluding hydrogens is 618 g/mol. The molecule has 214 valence electrons. The lowest BCUT2D eigenvalue weighted by atomic mass is 10.1. The molecule has 0 bridgehead atoms. The number of sulfonamides is 1. The van der Waals surface area contributed by atoms with Crippen molar-refractivity contribution >= 4 is 55.1 Å². The van der Waals surface area contributed by atoms with E-state index < -0.39 is 28.5 Å². The molecule has 0 aromatic heterocycles. The second kappa shape index (κ2) is 14.0. The van der Waals surface area contributed by atoms with E-state index in [9.17, 15) is 18.0 Å². The molecule has 3 aromatic carbocycles. The van der Waals surface area contributed by atoms with Crippen LogP contribution < -0.4 is 14.4 Å². The molecule has 0 unspecified atom stereocenters. The van der Waals surface area contributed by atoms with Crippen LogP contribution >= 0.6 is 27.5 Å². The average Bonchev–Trinajstić information content (AvgIpc) is 2.94. The summed E-state index contributed by atoms with van der Waals surface area (Å²) in [6.07, 6.45) is 0.724. The van der Waals surface area contributed by atoms with Gasteiger partial charge in [-0.1, -0.05) is 52.7 Å². The maximum absolute atomic E-state index is 13.9. The van der Waals surface area contributed by atoms with Gasteiger partial charge in [0, 0.05) is 22.1 Å². The number of hydrogen-bond donors (Lipinski definition) is 1. The molecule has 2 atom stereocenters. The predicted octanol–water partition coefficient (Wildman–Crippen LogP) is 5.64. The van der Waals surface area contributed by atoms with Gasteiger partial charge in [0.1, 0.15) is 18.3 Å². The first-order chi connectivity index (χ1) is 19.0. The zero-order valence-electron chi connectivity index (χ0n) is 22.8. The van der Waals surface area contributed by atoms with E-state index in [0.717, 1.165) is 20.8 Å². The average molecular weight is 651 g/mol. The Morgan fingerprint density at radius 1 is 1.02 bits per heavy atom. The Hall–Kier alpha value is -3.08. The van der Waals surface area contributed by atoms with Crippen LogP contribution in [0.5, 0.6) is 5.75 Å². The zero-order chi connectivity index (χ0) is 29.4. The number of methoxy groups -OCH3 is 1. The minimum Gasteiger partial charge on any atom is -0.497 e. The van der Waals surface area contributed by atoms with Crippen LogP contribution in [0.2, 0.25) is 5.02 Å². The number of anilines is 1. The summed E-state index contributed by atoms with van der Waals surface area (Å²) in [5, 5.41) is 3.23. The summed E-state index contributed by atoms with van der Waals surface area (Å²) in [7, 11) is -2.72. The second-order valence-corrected chi connectivity index (χ2v) is 12.5. The fraction of sp³-hybridized carbons (Fsp3) is 0.310. The van der Waals surface area contributed by atoms with Gasteiger partial charge in [-0.05, 0) is 80.4 Å². The summed E-state index contributed by atoms with van der Waals surface area (Å²) in [5.74, 6) is -0.384. The smallest absolute Gasteiger partial charge is 0.264 e. The molecule has 2 amide bonds. The molecule has 11 heteroatoms. The van der Waals surface area contributed by atoms with E-state index in [2.05, 4.69) is 21.2 Å². The van der Waals surface area contributed by atoms with Crippen molar-refractivity contribution in [2.75, 3.05) is 18.0 Å². The first-order valence-electron chi connectivity index (χ1n) is 12.7. The van der Waals surface area contributed by atoms with Crippen molar-refractivity contribution in [3.63, 3.8) is 0 Å². The molecule has 1 N–H and O–H groups in total. The fourth-order valence-corrected chi connectivity index (χ4v) is 5.72. The van der Waals surface area contributed by atoms with Crippen molar-refractivity contribution in [2.24, 2.45) is 0 Å². The quantitative estimate of drug-likeness (QED) is 0.274. The molecular formula is C29H33BrClN3O5S. The summed E-state index contributed by atoms with van der Waals surface area (Å²) in [6.45, 7) is 5.02. The van der Waals surface area contributed by atoms with E-state index in [-0.39, 0.29) is 29.1 Å². The lowest BCUT2D eigenvalue weighted by molar-refractivity contribution is -0.139. The predicted molar refractivity (Wildman–Crippen MR) is 161 cm³/mol. The Bertz CT molecular complexity index is 1420. The molecule has 0 spiro atoms. The molecule has 0 aliphatic carbocycles. The van der Waals surface area contributed by atoms with Crippen molar-refractivity contribution in [3.8, 4) is 5.75 Å². The van der Waals surface area contributed by atoms with Crippen molar-refractivity contribution in [1.29, 1.82) is 0 Å². The zero-order valence-corrected chi connectivity index (χ0v) is 26.0. The van der Waals surface area contributed by atoms with E-state index in [1.54, 1.807) is 25.1 Å². The maximum atomic E-state index is 13.9. The van der Waals surface area contributed by atoms with Gasteiger partial charge in [-0.2, -0.15) is 0 Å². The van der Waals surface area contributed by atoms with Gasteiger partial charge in [0.2, 0.25) is 11.8 Å². The number of hydrogen-bond acceptors (Lipinski definition) is 5. The van der Waals surface area contributed by atoms with Crippen LogP contribution in [0.1, 0.15) is 32.8 Å². The highest BCUT2D eigenvalue weighted by Gasteiger charge is 2.33. The number of nitrogens with zero attached hydrogens (tertiary/aromatic N) is 2. The Morgan fingerprint density at radius 3 is 2.25 bits per heavy atom. The minimum absolute atomic E-state index is 0.0249. The van der Waals surface area contributed by atoms with Gasteiger partial charge in [-0.3, -0.25) is 13.9 Å². The van der Waals surface area contributed by atoms with Crippen molar-refractivity contribution in [1.82, 2.24) is 10.2 Å². The van der Waals surface area contributed by atoms with Gasteiger partial charge in [-0.15, -0.1) is 0 Å². The van der Waals surface area contributed by atoms with E-state index in [1.807, 2.05) is 38.1 Å². The number of rotatable bonds is 12. The molecule has 3 rings (SSSR count). The Labute approximate surface area is 249 Å². The molecule has 0 saturated heterocycles. The van der Waals surface area contributed by atoms with Crippen LogP contribution in [0.25, 0.3) is 0 Å². The highest BCUT2D eigenvalue weighted by atomic mass is 79.9. The van der Waals surface area contributed by atoms with Crippen molar-refractivity contribution in [2.45, 2.75) is 50.7 Å². The lowest BCUT2D eigenvalue weighted by Crippen LogP contribution is -2.52. The first kappa shape index (κ1) is 31.4. The third-order valence-corrected chi connectivity index (χ3v) is 9.01. The van der Waals surface area contributed by atoms with Crippen molar-refractivity contribution < 1.29 is 22.7 Å². The number of carbonyl (C=O) groups excluding carboxylic acids is 2. The third kappa shape index (κ3) is 7.99. The minimum atomic E-state index is -4.21. The summed E-state index contributed by atoms with van der Waals surface area (Å²) in [4.78, 5) is 28.4. The van der Waals surface area contributed by atoms with Gasteiger partial charge in [0.05, 0.1) is 17.7 Å². The number of benzene rings is 3. The van der Waals surface area contributed by atoms with E-state index in [0.29, 0.717) is 10.8 Å². The van der Waals surface area contributed by atoms with Crippen LogP contribution in [0, 0.1) is 0 Å². The highest BCUT2D eigenvalue weighted by Crippen LogP contribution is 2.28. The summed E-state index contributed by atoms with van der Waals surface area (Å²) < 4.78 is 34.8. The van der Waals surface area contributed by atoms with Crippen LogP contribution in [-0.4, -0.2) is 50.9 Å². The molecule has 0 saturated carbocycles. The molecule has 3 aromatic rings. The highest BCUT2D eigenvalue weighted by molar-refractivity contribution is 9.10. The van der Waals surface area contributed by atoms with E-state index >= 15 is 0 Å². The fourth-order valence-electron chi connectivity index (χ4n) is 3.87. The number of ether oxygens (including phenoxy) is 1. The first-order valence-corrected chi connectivity index (χ1v) is 15.3. The Morgan fingerprint density at radius 2 is 1.68 bits per heavy atom. The lowest BCUT2D eigenvalue weighted by Gasteiger charge is -2.32. The third-order valence-electron chi connectivity index (χ3n) is 6.46. The SMILES string of the molecule is CC[C@@H](C)NC(=O)[C@@H](C)N(Cc1ccc(Br)cc1)C(=O)CN(c1cccc(Cl)c1)S(=O)(=O)c1ccc(OC)cc1. The number of halogens is 2. The topological polar surface area (TPSA) is 96.0 Å². The van der Waals surface area contributed by atoms with Crippen LogP contribution in [0.15, 0.2) is 82.2 Å². The molecule has 0 aliphatic rings. The number of carbonyl (C=O) groups is 2. The Balaban J connectivity index is 2.02. The van der Waals surface area contributed by atoms with Crippen LogP contribution in [0.4, 0.5) is 5.69 Å². The molecule has 40 heavy (non-hydrogen) atoms.